The number of rotatable bonds is 10. The third-order valence-electron chi connectivity index (χ3n) is 9.68. The number of hydrogen-bond acceptors (Lipinski definition) is 5. The maximum absolute atomic E-state index is 16.3. The third kappa shape index (κ3) is 5.82. The fourth-order valence-electron chi connectivity index (χ4n) is 7.45. The number of fused-ring (bicyclic) bond motifs is 2. The molecule has 2 saturated heterocycles. The molecular formula is C35H39BrFN3O5Si. The second-order valence-electron chi connectivity index (χ2n) is 13.0. The average Bonchev–Trinajstić information content (AvgIpc) is 3.43. The van der Waals surface area contributed by atoms with Gasteiger partial charge in [0.25, 0.3) is 5.91 Å². The molecule has 0 aromatic heterocycles. The van der Waals surface area contributed by atoms with Gasteiger partial charge in [0.2, 0.25) is 20.2 Å². The molecule has 0 aliphatic carbocycles. The van der Waals surface area contributed by atoms with Gasteiger partial charge in [-0.15, -0.1) is 0 Å². The van der Waals surface area contributed by atoms with E-state index >= 15 is 4.11 Å². The van der Waals surface area contributed by atoms with Gasteiger partial charge in [-0.2, -0.15) is 0 Å². The Hall–Kier alpha value is -3.38. The van der Waals surface area contributed by atoms with Crippen LogP contribution in [0.5, 0.6) is 0 Å². The average molecular weight is 709 g/mol. The fraction of sp³-hybridized carbons (Fsp3) is 0.400. The van der Waals surface area contributed by atoms with Gasteiger partial charge in [-0.3, -0.25) is 14.4 Å². The molecule has 0 radical (unpaired) electrons. The summed E-state index contributed by atoms with van der Waals surface area (Å²) in [5, 5.41) is 9.75. The second-order valence-corrected chi connectivity index (χ2v) is 17.7. The molecule has 8 nitrogen and oxygen atoms in total. The Morgan fingerprint density at radius 3 is 2.41 bits per heavy atom. The SMILES string of the molecule is C[C@@H]1[C@@H]([Si](C)(C)F)[C@H](CC(=O)N(CCO)Cc2ccccc2)O[C@@]12C(=O)N(Cc1ccc(N3CCC3=O)cc1)c1ccc(Br)cc12. The van der Waals surface area contributed by atoms with E-state index in [0.717, 1.165) is 21.3 Å². The topological polar surface area (TPSA) is 90.4 Å². The van der Waals surface area contributed by atoms with E-state index in [0.29, 0.717) is 30.8 Å². The van der Waals surface area contributed by atoms with Crippen molar-refractivity contribution >= 4 is 53.4 Å². The highest BCUT2D eigenvalue weighted by atomic mass is 79.9. The highest BCUT2D eigenvalue weighted by Gasteiger charge is 2.67. The van der Waals surface area contributed by atoms with Crippen LogP contribution >= 0.6 is 15.9 Å². The first kappa shape index (κ1) is 32.6. The van der Waals surface area contributed by atoms with Gasteiger partial charge in [0.15, 0.2) is 5.60 Å². The van der Waals surface area contributed by atoms with E-state index in [1.807, 2.05) is 79.7 Å². The van der Waals surface area contributed by atoms with Crippen LogP contribution in [0.4, 0.5) is 15.5 Å². The fourth-order valence-corrected chi connectivity index (χ4v) is 10.3. The first-order valence-electron chi connectivity index (χ1n) is 15.7. The van der Waals surface area contributed by atoms with Crippen LogP contribution in [0, 0.1) is 5.92 Å². The summed E-state index contributed by atoms with van der Waals surface area (Å²) in [6.45, 7) is 6.32. The Morgan fingerprint density at radius 1 is 1.09 bits per heavy atom. The number of ether oxygens (including phenoxy) is 1. The molecule has 2 fully saturated rings. The second kappa shape index (κ2) is 12.7. The summed E-state index contributed by atoms with van der Waals surface area (Å²) in [7, 11) is -3.48. The van der Waals surface area contributed by atoms with E-state index in [1.54, 1.807) is 27.8 Å². The maximum Gasteiger partial charge on any atom is 0.264 e. The molecule has 3 aromatic rings. The smallest absolute Gasteiger partial charge is 0.264 e. The number of aliphatic hydroxyl groups excluding tert-OH is 1. The summed E-state index contributed by atoms with van der Waals surface area (Å²) < 4.78 is 23.9. The van der Waals surface area contributed by atoms with Gasteiger partial charge in [-0.1, -0.05) is 65.3 Å². The Morgan fingerprint density at radius 2 is 1.80 bits per heavy atom. The molecule has 11 heteroatoms. The Bertz CT molecular complexity index is 1640. The summed E-state index contributed by atoms with van der Waals surface area (Å²) in [6, 6.07) is 22.8. The normalized spacial score (nSPS) is 24.0. The van der Waals surface area contributed by atoms with Crippen molar-refractivity contribution in [2.45, 2.75) is 63.2 Å². The van der Waals surface area contributed by atoms with E-state index in [2.05, 4.69) is 15.9 Å². The number of halogens is 2. The summed E-state index contributed by atoms with van der Waals surface area (Å²) in [5.41, 5.74) is 1.89. The molecule has 1 spiro atoms. The van der Waals surface area contributed by atoms with Gasteiger partial charge in [-0.05, 0) is 54.6 Å². The highest BCUT2D eigenvalue weighted by molar-refractivity contribution is 9.10. The van der Waals surface area contributed by atoms with E-state index in [9.17, 15) is 19.5 Å². The summed E-state index contributed by atoms with van der Waals surface area (Å²) in [5.74, 6) is -0.974. The quantitative estimate of drug-likeness (QED) is 0.161. The predicted octanol–water partition coefficient (Wildman–Crippen LogP) is 5.92. The molecule has 0 bridgehead atoms. The van der Waals surface area contributed by atoms with Gasteiger partial charge in [0.1, 0.15) is 0 Å². The van der Waals surface area contributed by atoms with Crippen molar-refractivity contribution in [2.24, 2.45) is 5.92 Å². The van der Waals surface area contributed by atoms with Crippen molar-refractivity contribution < 1.29 is 28.3 Å². The Labute approximate surface area is 278 Å². The number of carbonyl (C=O) groups excluding carboxylic acids is 3. The number of amides is 3. The van der Waals surface area contributed by atoms with E-state index in [1.165, 1.54) is 0 Å². The molecule has 1 N–H and O–H groups in total. The van der Waals surface area contributed by atoms with Crippen molar-refractivity contribution in [1.82, 2.24) is 4.90 Å². The standard InChI is InChI=1S/C35H39BrFN3O5Si/c1-23-33(46(2,3)37)30(20-32(43)38(17-18-41)21-24-7-5-4-6-8-24)45-35(23)28-19-26(36)11-14-29(28)40(34(35)44)22-25-9-12-27(13-10-25)39-16-15-31(39)42/h4-14,19,23,30,33,41H,15-18,20-22H2,1-3H3/t23-,30+,33-,35+/m1/s1. The summed E-state index contributed by atoms with van der Waals surface area (Å²) in [4.78, 5) is 45.4. The molecule has 3 amide bonds. The van der Waals surface area contributed by atoms with Gasteiger partial charge in [0.05, 0.1) is 31.4 Å². The van der Waals surface area contributed by atoms with Crippen LogP contribution in [0.3, 0.4) is 0 Å². The number of carbonyl (C=O) groups is 3. The van der Waals surface area contributed by atoms with Crippen LogP contribution in [-0.2, 0) is 37.8 Å². The zero-order valence-electron chi connectivity index (χ0n) is 26.3. The van der Waals surface area contributed by atoms with Gasteiger partial charge >= 0.3 is 0 Å². The molecule has 6 rings (SSSR count). The molecule has 4 atom stereocenters. The number of nitrogens with zero attached hydrogens (tertiary/aromatic N) is 3. The minimum Gasteiger partial charge on any atom is -0.395 e. The lowest BCUT2D eigenvalue weighted by Crippen LogP contribution is -2.45. The Kier molecular flexibility index (Phi) is 8.97. The molecule has 3 aliphatic heterocycles. The third-order valence-corrected chi connectivity index (χ3v) is 12.6. The largest absolute Gasteiger partial charge is 0.395 e. The molecule has 242 valence electrons. The van der Waals surface area contributed by atoms with Crippen LogP contribution in [0.25, 0.3) is 0 Å². The van der Waals surface area contributed by atoms with Gasteiger partial charge in [0, 0.05) is 53.2 Å². The first-order valence-corrected chi connectivity index (χ1v) is 19.5. The van der Waals surface area contributed by atoms with Gasteiger partial charge in [-0.25, -0.2) is 0 Å². The number of hydrogen-bond donors (Lipinski definition) is 1. The lowest BCUT2D eigenvalue weighted by atomic mass is 9.82. The van der Waals surface area contributed by atoms with E-state index in [-0.39, 0.29) is 43.8 Å². The molecule has 46 heavy (non-hydrogen) atoms. The molecular weight excluding hydrogens is 669 g/mol. The van der Waals surface area contributed by atoms with E-state index < -0.39 is 31.6 Å². The van der Waals surface area contributed by atoms with Crippen LogP contribution in [0.2, 0.25) is 18.6 Å². The number of β-lactam (4-membered cyclic amide) rings is 1. The maximum atomic E-state index is 16.3. The monoisotopic (exact) mass is 707 g/mol. The zero-order chi connectivity index (χ0) is 32.8. The van der Waals surface area contributed by atoms with Gasteiger partial charge < -0.3 is 28.7 Å². The van der Waals surface area contributed by atoms with E-state index in [4.69, 9.17) is 4.74 Å². The van der Waals surface area contributed by atoms with Crippen molar-refractivity contribution in [1.29, 1.82) is 0 Å². The molecule has 3 aliphatic rings. The van der Waals surface area contributed by atoms with Crippen LogP contribution in [0.15, 0.2) is 77.3 Å². The molecule has 3 aromatic carbocycles. The lowest BCUT2D eigenvalue weighted by molar-refractivity contribution is -0.150. The first-order chi connectivity index (χ1) is 21.9. The predicted molar refractivity (Wildman–Crippen MR) is 180 cm³/mol. The van der Waals surface area contributed by atoms with Crippen molar-refractivity contribution in [2.75, 3.05) is 29.5 Å². The lowest BCUT2D eigenvalue weighted by Gasteiger charge is -2.31. The number of aliphatic hydroxyl groups is 1. The minimum atomic E-state index is -3.48. The van der Waals surface area contributed by atoms with Crippen LogP contribution < -0.4 is 9.80 Å². The zero-order valence-corrected chi connectivity index (χ0v) is 28.9. The van der Waals surface area contributed by atoms with Crippen LogP contribution in [0.1, 0.15) is 36.5 Å². The summed E-state index contributed by atoms with van der Waals surface area (Å²) in [6.07, 6.45) is -0.373. The van der Waals surface area contributed by atoms with Crippen molar-refractivity contribution in [3.63, 3.8) is 0 Å². The van der Waals surface area contributed by atoms with Crippen molar-refractivity contribution in [3.8, 4) is 0 Å². The van der Waals surface area contributed by atoms with Crippen molar-refractivity contribution in [3.05, 3.63) is 94.0 Å². The summed E-state index contributed by atoms with van der Waals surface area (Å²) >= 11 is 3.57. The molecule has 0 unspecified atom stereocenters. The number of benzene rings is 3. The molecule has 0 saturated carbocycles. The number of anilines is 2. The Balaban J connectivity index is 1.31. The molecule has 3 heterocycles. The van der Waals surface area contributed by atoms with Crippen LogP contribution in [-0.4, -0.2) is 61.9 Å². The highest BCUT2D eigenvalue weighted by Crippen LogP contribution is 2.60. The minimum absolute atomic E-state index is 0.0951.